The maximum Gasteiger partial charge on any atom is 0.258 e. The molecular weight excluding hydrogens is 266 g/mol. The molecule has 21 heavy (non-hydrogen) atoms. The first kappa shape index (κ1) is 15.8. The van der Waals surface area contributed by atoms with Crippen LogP contribution >= 0.6 is 0 Å². The number of ether oxygens (including phenoxy) is 1. The van der Waals surface area contributed by atoms with Crippen molar-refractivity contribution in [2.24, 2.45) is 0 Å². The summed E-state index contributed by atoms with van der Waals surface area (Å²) in [5.41, 5.74) is 0.741. The van der Waals surface area contributed by atoms with E-state index in [9.17, 15) is 9.90 Å². The van der Waals surface area contributed by atoms with Gasteiger partial charge in [-0.3, -0.25) is 4.79 Å². The summed E-state index contributed by atoms with van der Waals surface area (Å²) in [6.45, 7) is 1.92. The van der Waals surface area contributed by atoms with Crippen LogP contribution in [-0.4, -0.2) is 23.7 Å². The Morgan fingerprint density at radius 3 is 2.76 bits per heavy atom. The van der Waals surface area contributed by atoms with Crippen molar-refractivity contribution in [3.8, 4) is 5.75 Å². The Kier molecular flexibility index (Phi) is 6.05. The van der Waals surface area contributed by atoms with Crippen LogP contribution in [0.15, 0.2) is 24.3 Å². The van der Waals surface area contributed by atoms with E-state index in [1.165, 1.54) is 19.3 Å². The minimum Gasteiger partial charge on any atom is -0.483 e. The normalized spacial score (nSPS) is 17.2. The quantitative estimate of drug-likeness (QED) is 0.847. The van der Waals surface area contributed by atoms with Gasteiger partial charge >= 0.3 is 0 Å². The molecule has 0 unspecified atom stereocenters. The minimum atomic E-state index is -0.553. The fourth-order valence-corrected chi connectivity index (χ4v) is 2.77. The molecule has 1 aromatic rings. The van der Waals surface area contributed by atoms with Gasteiger partial charge in [0.25, 0.3) is 5.91 Å². The Hall–Kier alpha value is -1.55. The SMILES string of the molecule is CC[C@@H](O)c1ccccc1OCC(=O)NC1CCCCC1. The van der Waals surface area contributed by atoms with E-state index in [1.54, 1.807) is 6.07 Å². The summed E-state index contributed by atoms with van der Waals surface area (Å²) in [6.07, 6.45) is 5.85. The lowest BCUT2D eigenvalue weighted by atomic mass is 9.95. The van der Waals surface area contributed by atoms with Crippen LogP contribution in [-0.2, 0) is 4.79 Å². The van der Waals surface area contributed by atoms with Gasteiger partial charge in [-0.15, -0.1) is 0 Å². The predicted octanol–water partition coefficient (Wildman–Crippen LogP) is 2.96. The summed E-state index contributed by atoms with van der Waals surface area (Å²) in [4.78, 5) is 11.9. The lowest BCUT2D eigenvalue weighted by molar-refractivity contribution is -0.124. The lowest BCUT2D eigenvalue weighted by Gasteiger charge is -2.23. The molecule has 0 aliphatic heterocycles. The van der Waals surface area contributed by atoms with E-state index in [0.717, 1.165) is 18.4 Å². The van der Waals surface area contributed by atoms with Crippen molar-refractivity contribution in [1.82, 2.24) is 5.32 Å². The van der Waals surface area contributed by atoms with Gasteiger partial charge in [-0.05, 0) is 25.3 Å². The molecule has 2 N–H and O–H groups in total. The maximum atomic E-state index is 11.9. The fourth-order valence-electron chi connectivity index (χ4n) is 2.77. The van der Waals surface area contributed by atoms with Gasteiger partial charge in [0.2, 0.25) is 0 Å². The van der Waals surface area contributed by atoms with E-state index in [4.69, 9.17) is 4.74 Å². The molecule has 0 spiro atoms. The second kappa shape index (κ2) is 8.03. The molecule has 1 fully saturated rings. The molecule has 4 heteroatoms. The van der Waals surface area contributed by atoms with E-state index in [0.29, 0.717) is 18.2 Å². The number of para-hydroxylation sites is 1. The Morgan fingerprint density at radius 1 is 1.33 bits per heavy atom. The van der Waals surface area contributed by atoms with Gasteiger partial charge in [0.05, 0.1) is 6.10 Å². The summed E-state index contributed by atoms with van der Waals surface area (Å²) >= 11 is 0. The number of benzene rings is 1. The Bertz CT molecular complexity index is 455. The highest BCUT2D eigenvalue weighted by molar-refractivity contribution is 5.77. The molecule has 4 nitrogen and oxygen atoms in total. The van der Waals surface area contributed by atoms with Gasteiger partial charge in [-0.2, -0.15) is 0 Å². The molecule has 0 aromatic heterocycles. The van der Waals surface area contributed by atoms with Crippen LogP contribution in [0.3, 0.4) is 0 Å². The molecule has 0 saturated heterocycles. The molecular formula is C17H25NO3. The van der Waals surface area contributed by atoms with Gasteiger partial charge in [0.1, 0.15) is 5.75 Å². The van der Waals surface area contributed by atoms with Crippen LogP contribution < -0.4 is 10.1 Å². The standard InChI is InChI=1S/C17H25NO3/c1-2-15(19)14-10-6-7-11-16(14)21-12-17(20)18-13-8-4-3-5-9-13/h6-7,10-11,13,15,19H,2-5,8-9,12H2,1H3,(H,18,20)/t15-/m1/s1. The zero-order valence-electron chi connectivity index (χ0n) is 12.7. The number of carbonyl (C=O) groups is 1. The Labute approximate surface area is 126 Å². The van der Waals surface area contributed by atoms with Crippen molar-refractivity contribution in [3.63, 3.8) is 0 Å². The average molecular weight is 291 g/mol. The summed E-state index contributed by atoms with van der Waals surface area (Å²) < 4.78 is 5.59. The summed E-state index contributed by atoms with van der Waals surface area (Å²) in [7, 11) is 0. The van der Waals surface area contributed by atoms with E-state index in [2.05, 4.69) is 5.32 Å². The highest BCUT2D eigenvalue weighted by Gasteiger charge is 2.17. The molecule has 1 atom stereocenters. The third-order valence-electron chi connectivity index (χ3n) is 3.99. The van der Waals surface area contributed by atoms with Crippen molar-refractivity contribution in [1.29, 1.82) is 0 Å². The molecule has 1 amide bonds. The zero-order valence-corrected chi connectivity index (χ0v) is 12.7. The third kappa shape index (κ3) is 4.74. The number of rotatable bonds is 6. The van der Waals surface area contributed by atoms with Gasteiger partial charge in [-0.1, -0.05) is 44.4 Å². The molecule has 0 radical (unpaired) electrons. The van der Waals surface area contributed by atoms with Crippen LogP contribution in [0, 0.1) is 0 Å². The number of nitrogens with one attached hydrogen (secondary N) is 1. The monoisotopic (exact) mass is 291 g/mol. The van der Waals surface area contributed by atoms with Crippen molar-refractivity contribution >= 4 is 5.91 Å². The second-order valence-corrected chi connectivity index (χ2v) is 5.65. The van der Waals surface area contributed by atoms with Crippen LogP contribution in [0.4, 0.5) is 0 Å². The second-order valence-electron chi connectivity index (χ2n) is 5.65. The minimum absolute atomic E-state index is 0.00392. The van der Waals surface area contributed by atoms with Crippen molar-refractivity contribution < 1.29 is 14.6 Å². The fraction of sp³-hybridized carbons (Fsp3) is 0.588. The predicted molar refractivity (Wildman–Crippen MR) is 82.2 cm³/mol. The largest absolute Gasteiger partial charge is 0.483 e. The number of aliphatic hydroxyl groups excluding tert-OH is 1. The zero-order chi connectivity index (χ0) is 15.1. The third-order valence-corrected chi connectivity index (χ3v) is 3.99. The van der Waals surface area contributed by atoms with Crippen molar-refractivity contribution in [2.45, 2.75) is 57.6 Å². The van der Waals surface area contributed by atoms with E-state index >= 15 is 0 Å². The summed E-state index contributed by atoms with van der Waals surface area (Å²) in [6, 6.07) is 7.64. The molecule has 1 aliphatic carbocycles. The topological polar surface area (TPSA) is 58.6 Å². The van der Waals surface area contributed by atoms with Crippen molar-refractivity contribution in [2.75, 3.05) is 6.61 Å². The average Bonchev–Trinajstić information content (AvgIpc) is 2.53. The lowest BCUT2D eigenvalue weighted by Crippen LogP contribution is -2.39. The first-order chi connectivity index (χ1) is 10.2. The van der Waals surface area contributed by atoms with E-state index < -0.39 is 6.10 Å². The van der Waals surface area contributed by atoms with Crippen LogP contribution in [0.1, 0.15) is 57.1 Å². The first-order valence-electron chi connectivity index (χ1n) is 7.90. The van der Waals surface area contributed by atoms with Crippen molar-refractivity contribution in [3.05, 3.63) is 29.8 Å². The van der Waals surface area contributed by atoms with Gasteiger partial charge in [-0.25, -0.2) is 0 Å². The van der Waals surface area contributed by atoms with Crippen LogP contribution in [0.2, 0.25) is 0 Å². The number of hydrogen-bond donors (Lipinski definition) is 2. The molecule has 0 bridgehead atoms. The number of hydrogen-bond acceptors (Lipinski definition) is 3. The van der Waals surface area contributed by atoms with E-state index in [-0.39, 0.29) is 12.5 Å². The summed E-state index contributed by atoms with van der Waals surface area (Å²) in [5, 5.41) is 13.0. The van der Waals surface area contributed by atoms with Gasteiger partial charge < -0.3 is 15.2 Å². The molecule has 2 rings (SSSR count). The smallest absolute Gasteiger partial charge is 0.258 e. The number of amides is 1. The highest BCUT2D eigenvalue weighted by atomic mass is 16.5. The van der Waals surface area contributed by atoms with E-state index in [1.807, 2.05) is 25.1 Å². The Morgan fingerprint density at radius 2 is 2.05 bits per heavy atom. The molecule has 1 saturated carbocycles. The van der Waals surface area contributed by atoms with Gasteiger partial charge in [0, 0.05) is 11.6 Å². The Balaban J connectivity index is 1.86. The molecule has 116 valence electrons. The maximum absolute atomic E-state index is 11.9. The summed E-state index contributed by atoms with van der Waals surface area (Å²) in [5.74, 6) is 0.508. The highest BCUT2D eigenvalue weighted by Crippen LogP contribution is 2.26. The van der Waals surface area contributed by atoms with Crippen LogP contribution in [0.5, 0.6) is 5.75 Å². The number of carbonyl (C=O) groups excluding carboxylic acids is 1. The molecule has 0 heterocycles. The van der Waals surface area contributed by atoms with Gasteiger partial charge in [0.15, 0.2) is 6.61 Å². The first-order valence-corrected chi connectivity index (χ1v) is 7.90. The molecule has 1 aromatic carbocycles. The van der Waals surface area contributed by atoms with Crippen LogP contribution in [0.25, 0.3) is 0 Å². The molecule has 1 aliphatic rings. The number of aliphatic hydroxyl groups is 1.